The van der Waals surface area contributed by atoms with E-state index in [4.69, 9.17) is 4.84 Å². The molecular formula is C11H19NO. The van der Waals surface area contributed by atoms with Gasteiger partial charge in [-0.2, -0.15) is 0 Å². The Labute approximate surface area is 80.7 Å². The van der Waals surface area contributed by atoms with Crippen molar-refractivity contribution >= 4 is 5.71 Å². The highest BCUT2D eigenvalue weighted by Crippen LogP contribution is 2.16. The van der Waals surface area contributed by atoms with E-state index in [1.165, 1.54) is 18.4 Å². The van der Waals surface area contributed by atoms with Gasteiger partial charge >= 0.3 is 0 Å². The normalized spacial score (nSPS) is 21.5. The number of nitrogens with zero attached hydrogens (tertiary/aromatic N) is 1. The molecule has 1 aliphatic rings. The van der Waals surface area contributed by atoms with Crippen LogP contribution in [0.5, 0.6) is 0 Å². The van der Waals surface area contributed by atoms with E-state index in [1.54, 1.807) is 0 Å². The summed E-state index contributed by atoms with van der Waals surface area (Å²) in [5.41, 5.74) is 2.31. The molecule has 0 heterocycles. The van der Waals surface area contributed by atoms with E-state index < -0.39 is 0 Å². The van der Waals surface area contributed by atoms with Gasteiger partial charge < -0.3 is 4.84 Å². The van der Waals surface area contributed by atoms with E-state index >= 15 is 0 Å². The van der Waals surface area contributed by atoms with Crippen molar-refractivity contribution < 1.29 is 4.84 Å². The van der Waals surface area contributed by atoms with Gasteiger partial charge in [-0.05, 0) is 53.0 Å². The summed E-state index contributed by atoms with van der Waals surface area (Å²) in [5.74, 6) is 0. The molecule has 0 N–H and O–H groups in total. The van der Waals surface area contributed by atoms with Crippen LogP contribution < -0.4 is 0 Å². The van der Waals surface area contributed by atoms with Gasteiger partial charge in [0.15, 0.2) is 0 Å². The molecule has 0 aliphatic heterocycles. The van der Waals surface area contributed by atoms with E-state index in [1.807, 2.05) is 20.8 Å². The first-order chi connectivity index (χ1) is 5.97. The summed E-state index contributed by atoms with van der Waals surface area (Å²) in [6, 6.07) is 0. The average Bonchev–Trinajstić information content (AvgIpc) is 2.00. The molecule has 74 valence electrons. The van der Waals surface area contributed by atoms with Crippen LogP contribution in [0.4, 0.5) is 0 Å². The van der Waals surface area contributed by atoms with Gasteiger partial charge in [0.25, 0.3) is 0 Å². The molecule has 0 bridgehead atoms. The van der Waals surface area contributed by atoms with Crippen LogP contribution in [-0.4, -0.2) is 11.3 Å². The van der Waals surface area contributed by atoms with Crippen LogP contribution in [0.2, 0.25) is 0 Å². The zero-order chi connectivity index (χ0) is 9.90. The van der Waals surface area contributed by atoms with Crippen LogP contribution in [0.25, 0.3) is 0 Å². The summed E-state index contributed by atoms with van der Waals surface area (Å²) in [4.78, 5) is 5.36. The average molecular weight is 181 g/mol. The van der Waals surface area contributed by atoms with E-state index in [9.17, 15) is 0 Å². The van der Waals surface area contributed by atoms with Crippen LogP contribution in [-0.2, 0) is 4.84 Å². The summed E-state index contributed by atoms with van der Waals surface area (Å²) in [5, 5.41) is 4.15. The molecule has 0 saturated heterocycles. The van der Waals surface area contributed by atoms with Gasteiger partial charge in [-0.1, -0.05) is 10.7 Å². The highest BCUT2D eigenvalue weighted by molar-refractivity contribution is 5.95. The van der Waals surface area contributed by atoms with E-state index in [2.05, 4.69) is 18.2 Å². The molecule has 0 amide bonds. The minimum atomic E-state index is -0.174. The fourth-order valence-electron chi connectivity index (χ4n) is 1.24. The molecule has 0 fully saturated rings. The van der Waals surface area contributed by atoms with Crippen LogP contribution in [0.3, 0.4) is 0 Å². The maximum absolute atomic E-state index is 5.36. The van der Waals surface area contributed by atoms with Gasteiger partial charge in [0.1, 0.15) is 5.60 Å². The second-order valence-electron chi connectivity index (χ2n) is 4.63. The van der Waals surface area contributed by atoms with Crippen LogP contribution in [0, 0.1) is 0 Å². The third kappa shape index (κ3) is 4.11. The van der Waals surface area contributed by atoms with Crippen molar-refractivity contribution in [3.05, 3.63) is 11.6 Å². The monoisotopic (exact) mass is 181 g/mol. The molecule has 0 radical (unpaired) electrons. The second-order valence-corrected chi connectivity index (χ2v) is 4.63. The van der Waals surface area contributed by atoms with Gasteiger partial charge in [0.05, 0.1) is 5.71 Å². The topological polar surface area (TPSA) is 21.6 Å². The van der Waals surface area contributed by atoms with Gasteiger partial charge in [0, 0.05) is 0 Å². The van der Waals surface area contributed by atoms with E-state index in [0.717, 1.165) is 12.1 Å². The van der Waals surface area contributed by atoms with Gasteiger partial charge in [-0.15, -0.1) is 0 Å². The minimum Gasteiger partial charge on any atom is -0.390 e. The van der Waals surface area contributed by atoms with Gasteiger partial charge in [-0.25, -0.2) is 0 Å². The molecule has 0 aromatic carbocycles. The molecule has 1 aliphatic carbocycles. The maximum Gasteiger partial charge on any atom is 0.129 e. The van der Waals surface area contributed by atoms with Crippen molar-refractivity contribution in [2.24, 2.45) is 5.16 Å². The fourth-order valence-corrected chi connectivity index (χ4v) is 1.24. The van der Waals surface area contributed by atoms with Crippen molar-refractivity contribution in [1.29, 1.82) is 0 Å². The lowest BCUT2D eigenvalue weighted by atomic mass is 10.00. The predicted molar refractivity (Wildman–Crippen MR) is 55.9 cm³/mol. The molecule has 0 unspecified atom stereocenters. The molecule has 13 heavy (non-hydrogen) atoms. The Bertz CT molecular complexity index is 233. The summed E-state index contributed by atoms with van der Waals surface area (Å²) in [7, 11) is 0. The number of hydrogen-bond acceptors (Lipinski definition) is 2. The summed E-state index contributed by atoms with van der Waals surface area (Å²) >= 11 is 0. The van der Waals surface area contributed by atoms with Crippen molar-refractivity contribution in [3.8, 4) is 0 Å². The fraction of sp³-hybridized carbons (Fsp3) is 0.727. The minimum absolute atomic E-state index is 0.174. The highest BCUT2D eigenvalue weighted by atomic mass is 16.6. The molecule has 0 aromatic heterocycles. The first-order valence-electron chi connectivity index (χ1n) is 4.89. The summed E-state index contributed by atoms with van der Waals surface area (Å²) < 4.78 is 0. The zero-order valence-corrected chi connectivity index (χ0v) is 9.05. The lowest BCUT2D eigenvalue weighted by Gasteiger charge is -2.17. The Hall–Kier alpha value is -0.790. The molecule has 0 atom stereocenters. The van der Waals surface area contributed by atoms with Gasteiger partial charge in [-0.3, -0.25) is 0 Å². The number of hydrogen-bond donors (Lipinski definition) is 0. The Morgan fingerprint density at radius 2 is 2.00 bits per heavy atom. The standard InChI is InChI=1S/C11H19NO/c1-9-6-5-7-10(8-9)12-13-11(2,3)4/h8H,5-7H2,1-4H3/b12-10-. The van der Waals surface area contributed by atoms with Crippen molar-refractivity contribution in [3.63, 3.8) is 0 Å². The zero-order valence-electron chi connectivity index (χ0n) is 9.05. The molecule has 0 spiro atoms. The third-order valence-corrected chi connectivity index (χ3v) is 1.85. The van der Waals surface area contributed by atoms with Crippen molar-refractivity contribution in [1.82, 2.24) is 0 Å². The Balaban J connectivity index is 2.56. The molecule has 0 aromatic rings. The molecule has 2 nitrogen and oxygen atoms in total. The maximum atomic E-state index is 5.36. The largest absolute Gasteiger partial charge is 0.390 e. The van der Waals surface area contributed by atoms with Crippen molar-refractivity contribution in [2.45, 2.75) is 52.6 Å². The summed E-state index contributed by atoms with van der Waals surface area (Å²) in [6.45, 7) is 8.18. The van der Waals surface area contributed by atoms with Gasteiger partial charge in [0.2, 0.25) is 0 Å². The van der Waals surface area contributed by atoms with E-state index in [-0.39, 0.29) is 5.60 Å². The number of allylic oxidation sites excluding steroid dienone is 2. The first kappa shape index (κ1) is 10.3. The van der Waals surface area contributed by atoms with Crippen LogP contribution in [0.15, 0.2) is 16.8 Å². The summed E-state index contributed by atoms with van der Waals surface area (Å²) in [6.07, 6.45) is 5.59. The first-order valence-corrected chi connectivity index (χ1v) is 4.89. The predicted octanol–water partition coefficient (Wildman–Crippen LogP) is 3.29. The Kier molecular flexibility index (Phi) is 3.12. The SMILES string of the molecule is CC1=C/C(=N\OC(C)(C)C)CCC1. The Morgan fingerprint density at radius 3 is 2.54 bits per heavy atom. The molecular weight excluding hydrogens is 162 g/mol. The van der Waals surface area contributed by atoms with Crippen LogP contribution in [0.1, 0.15) is 47.0 Å². The second kappa shape index (κ2) is 3.95. The number of rotatable bonds is 1. The Morgan fingerprint density at radius 1 is 1.31 bits per heavy atom. The highest BCUT2D eigenvalue weighted by Gasteiger charge is 2.11. The van der Waals surface area contributed by atoms with Crippen LogP contribution >= 0.6 is 0 Å². The molecule has 0 saturated carbocycles. The smallest absolute Gasteiger partial charge is 0.129 e. The lowest BCUT2D eigenvalue weighted by molar-refractivity contribution is 0.000701. The van der Waals surface area contributed by atoms with E-state index in [0.29, 0.717) is 0 Å². The molecule has 2 heteroatoms. The third-order valence-electron chi connectivity index (χ3n) is 1.85. The molecule has 1 rings (SSSR count). The lowest BCUT2D eigenvalue weighted by Crippen LogP contribution is -2.17. The number of oxime groups is 1. The quantitative estimate of drug-likeness (QED) is 0.569. The van der Waals surface area contributed by atoms with Crippen molar-refractivity contribution in [2.75, 3.05) is 0 Å².